The Labute approximate surface area is 139 Å². The van der Waals surface area contributed by atoms with Crippen molar-refractivity contribution >= 4 is 29.4 Å². The summed E-state index contributed by atoms with van der Waals surface area (Å²) in [5.74, 6) is -0.743. The molecule has 0 fully saturated rings. The molecule has 0 aromatic heterocycles. The molecule has 1 aromatic carbocycles. The highest BCUT2D eigenvalue weighted by Gasteiger charge is 2.36. The van der Waals surface area contributed by atoms with Gasteiger partial charge in [-0.2, -0.15) is 0 Å². The third-order valence-corrected chi connectivity index (χ3v) is 4.95. The summed E-state index contributed by atoms with van der Waals surface area (Å²) < 4.78 is 4.49. The number of unbranched alkanes of at least 4 members (excludes halogenated alkanes) is 2. The Hall–Kier alpha value is -1.41. The number of aliphatic carboxylic acids is 1. The van der Waals surface area contributed by atoms with Crippen LogP contribution in [0, 0.1) is 0 Å². The van der Waals surface area contributed by atoms with Crippen molar-refractivity contribution in [1.82, 2.24) is 0 Å². The van der Waals surface area contributed by atoms with Gasteiger partial charge in [0.15, 0.2) is 0 Å². The Balaban J connectivity index is 2.04. The summed E-state index contributed by atoms with van der Waals surface area (Å²) in [4.78, 5) is 16.0. The van der Waals surface area contributed by atoms with E-state index in [-0.39, 0.29) is 11.8 Å². The van der Waals surface area contributed by atoms with Gasteiger partial charge in [-0.1, -0.05) is 24.8 Å². The lowest BCUT2D eigenvalue weighted by molar-refractivity contribution is -0.432. The van der Waals surface area contributed by atoms with E-state index < -0.39 is 5.97 Å². The van der Waals surface area contributed by atoms with E-state index in [1.807, 2.05) is 25.1 Å². The Morgan fingerprint density at radius 3 is 2.83 bits per heavy atom. The number of hydrogen-bond acceptors (Lipinski definition) is 6. The Bertz CT molecular complexity index is 604. The molecule has 0 saturated heterocycles. The summed E-state index contributed by atoms with van der Waals surface area (Å²) in [7, 11) is 0. The van der Waals surface area contributed by atoms with Crippen LogP contribution in [0.15, 0.2) is 28.1 Å². The van der Waals surface area contributed by atoms with Crippen molar-refractivity contribution in [3.8, 4) is 0 Å². The minimum Gasteiger partial charge on any atom is -0.481 e. The van der Waals surface area contributed by atoms with Gasteiger partial charge in [0, 0.05) is 22.4 Å². The number of fused-ring (bicyclic) bond motifs is 1. The van der Waals surface area contributed by atoms with Gasteiger partial charge < -0.3 is 5.11 Å². The van der Waals surface area contributed by atoms with Crippen LogP contribution < -0.4 is 0 Å². The molecule has 2 N–H and O–H groups in total. The van der Waals surface area contributed by atoms with Crippen LogP contribution in [0.4, 0.5) is 5.69 Å². The maximum absolute atomic E-state index is 10.6. The van der Waals surface area contributed by atoms with Crippen molar-refractivity contribution in [3.05, 3.63) is 23.8 Å². The van der Waals surface area contributed by atoms with Gasteiger partial charge in [-0.3, -0.25) is 9.79 Å². The highest BCUT2D eigenvalue weighted by molar-refractivity contribution is 7.94. The molecule has 0 aliphatic carbocycles. The number of carbonyl (C=O) groups is 1. The monoisotopic (exact) mass is 339 g/mol. The maximum Gasteiger partial charge on any atom is 0.303 e. The SMILES string of the molecule is CC1=Nc2ccc(SOOO)cc2C1(C)CCCCCC(=O)O. The van der Waals surface area contributed by atoms with Crippen LogP contribution in [0.5, 0.6) is 0 Å². The highest BCUT2D eigenvalue weighted by Crippen LogP contribution is 2.44. The molecule has 1 heterocycles. The maximum atomic E-state index is 10.6. The van der Waals surface area contributed by atoms with Crippen molar-refractivity contribution in [3.63, 3.8) is 0 Å². The fraction of sp³-hybridized carbons (Fsp3) is 0.500. The van der Waals surface area contributed by atoms with Crippen molar-refractivity contribution < 1.29 is 24.5 Å². The molecule has 1 aliphatic heterocycles. The first-order valence-electron chi connectivity index (χ1n) is 7.54. The molecule has 0 spiro atoms. The largest absolute Gasteiger partial charge is 0.481 e. The zero-order chi connectivity index (χ0) is 16.9. The summed E-state index contributed by atoms with van der Waals surface area (Å²) in [6, 6.07) is 5.78. The zero-order valence-electron chi connectivity index (χ0n) is 13.2. The number of rotatable bonds is 9. The van der Waals surface area contributed by atoms with E-state index in [2.05, 4.69) is 21.3 Å². The first-order valence-corrected chi connectivity index (χ1v) is 8.28. The van der Waals surface area contributed by atoms with Gasteiger partial charge in [0.1, 0.15) is 0 Å². The van der Waals surface area contributed by atoms with E-state index in [9.17, 15) is 4.79 Å². The molecular weight excluding hydrogens is 318 g/mol. The lowest BCUT2D eigenvalue weighted by Crippen LogP contribution is -2.27. The lowest BCUT2D eigenvalue weighted by Gasteiger charge is -2.26. The normalized spacial score (nSPS) is 19.5. The average Bonchev–Trinajstić information content (AvgIpc) is 2.76. The van der Waals surface area contributed by atoms with E-state index in [0.29, 0.717) is 6.42 Å². The van der Waals surface area contributed by atoms with E-state index in [1.54, 1.807) is 0 Å². The Morgan fingerprint density at radius 1 is 1.35 bits per heavy atom. The standard InChI is InChI=1S/C16H21NO5S/c1-11-16(2,9-5-3-4-6-15(18)19)13-10-12(23-22-21-20)7-8-14(13)17-11/h7-8,10,20H,3-6,9H2,1-2H3,(H,18,19). The van der Waals surface area contributed by atoms with Gasteiger partial charge in [-0.25, -0.2) is 5.26 Å². The molecule has 0 bridgehead atoms. The second-order valence-corrected chi connectivity index (χ2v) is 6.66. The molecule has 0 radical (unpaired) electrons. The summed E-state index contributed by atoms with van der Waals surface area (Å²) in [5, 5.41) is 20.6. The van der Waals surface area contributed by atoms with Gasteiger partial charge in [-0.15, -0.1) is 4.33 Å². The van der Waals surface area contributed by atoms with Gasteiger partial charge in [0.25, 0.3) is 0 Å². The van der Waals surface area contributed by atoms with Crippen LogP contribution in [0.2, 0.25) is 0 Å². The molecule has 126 valence electrons. The molecule has 1 aromatic rings. The van der Waals surface area contributed by atoms with Crippen molar-refractivity contribution in [2.24, 2.45) is 4.99 Å². The molecule has 2 rings (SSSR count). The fourth-order valence-electron chi connectivity index (χ4n) is 2.91. The second-order valence-electron chi connectivity index (χ2n) is 5.89. The van der Waals surface area contributed by atoms with E-state index in [4.69, 9.17) is 10.4 Å². The van der Waals surface area contributed by atoms with E-state index in [1.165, 1.54) is 0 Å². The smallest absolute Gasteiger partial charge is 0.303 e. The highest BCUT2D eigenvalue weighted by atomic mass is 32.2. The third kappa shape index (κ3) is 4.32. The summed E-state index contributed by atoms with van der Waals surface area (Å²) >= 11 is 0.935. The van der Waals surface area contributed by atoms with E-state index >= 15 is 0 Å². The topological polar surface area (TPSA) is 88.4 Å². The van der Waals surface area contributed by atoms with Crippen LogP contribution >= 0.6 is 12.0 Å². The van der Waals surface area contributed by atoms with Crippen LogP contribution in [0.25, 0.3) is 0 Å². The second kappa shape index (κ2) is 7.92. The van der Waals surface area contributed by atoms with Crippen LogP contribution in [0.1, 0.15) is 51.5 Å². The van der Waals surface area contributed by atoms with Crippen LogP contribution in [-0.2, 0) is 19.6 Å². The molecule has 6 nitrogen and oxygen atoms in total. The molecule has 0 amide bonds. The number of carboxylic acid groups (broad SMARTS) is 1. The van der Waals surface area contributed by atoms with Crippen molar-refractivity contribution in [2.75, 3.05) is 0 Å². The predicted molar refractivity (Wildman–Crippen MR) is 87.9 cm³/mol. The molecule has 23 heavy (non-hydrogen) atoms. The average molecular weight is 339 g/mol. The van der Waals surface area contributed by atoms with Crippen molar-refractivity contribution in [1.29, 1.82) is 0 Å². The molecule has 0 saturated carbocycles. The zero-order valence-corrected chi connectivity index (χ0v) is 14.1. The Kier molecular flexibility index (Phi) is 6.17. The van der Waals surface area contributed by atoms with Crippen LogP contribution in [0.3, 0.4) is 0 Å². The van der Waals surface area contributed by atoms with E-state index in [0.717, 1.165) is 53.2 Å². The first kappa shape index (κ1) is 17.9. The molecule has 1 unspecified atom stereocenters. The lowest BCUT2D eigenvalue weighted by atomic mass is 9.76. The predicted octanol–water partition coefficient (Wildman–Crippen LogP) is 4.51. The Morgan fingerprint density at radius 2 is 2.13 bits per heavy atom. The van der Waals surface area contributed by atoms with Gasteiger partial charge in [-0.05, 0) is 43.5 Å². The van der Waals surface area contributed by atoms with Gasteiger partial charge >= 0.3 is 5.97 Å². The summed E-state index contributed by atoms with van der Waals surface area (Å²) in [5.41, 5.74) is 2.98. The minimum absolute atomic E-state index is 0.158. The fourth-order valence-corrected chi connectivity index (χ4v) is 3.31. The number of carboxylic acids is 1. The summed E-state index contributed by atoms with van der Waals surface area (Å²) in [6.45, 7) is 4.18. The van der Waals surface area contributed by atoms with Crippen molar-refractivity contribution in [2.45, 2.75) is 56.3 Å². The molecule has 7 heteroatoms. The quantitative estimate of drug-likeness (QED) is 0.298. The molecular formula is C16H21NO5S. The first-order chi connectivity index (χ1) is 11.0. The number of benzene rings is 1. The minimum atomic E-state index is -0.743. The van der Waals surface area contributed by atoms with Gasteiger partial charge in [0.2, 0.25) is 0 Å². The molecule has 1 atom stereocenters. The summed E-state index contributed by atoms with van der Waals surface area (Å²) in [6.07, 6.45) is 3.68. The van der Waals surface area contributed by atoms with Crippen LogP contribution in [-0.4, -0.2) is 22.0 Å². The molecule has 1 aliphatic rings. The third-order valence-electron chi connectivity index (χ3n) is 4.38. The number of hydrogen-bond donors (Lipinski definition) is 2. The van der Waals surface area contributed by atoms with Gasteiger partial charge in [0.05, 0.1) is 17.7 Å². The number of nitrogens with zero attached hydrogens (tertiary/aromatic N) is 1. The number of aliphatic imine (C=N–C) groups is 1.